The van der Waals surface area contributed by atoms with E-state index >= 15 is 0 Å². The molecule has 134 valence electrons. The molecule has 1 aliphatic rings. The first-order valence-electron chi connectivity index (χ1n) is 7.99. The fraction of sp³-hybridized carbons (Fsp3) is 0.846. The van der Waals surface area contributed by atoms with Crippen molar-refractivity contribution < 1.29 is 4.74 Å². The molecule has 10 heteroatoms. The average molecular weight is 364 g/mol. The summed E-state index contributed by atoms with van der Waals surface area (Å²) in [6.45, 7) is 9.92. The molecule has 1 fully saturated rings. The lowest BCUT2D eigenvalue weighted by atomic mass is 10.0. The Bertz CT molecular complexity index is 366. The van der Waals surface area contributed by atoms with Crippen molar-refractivity contribution >= 4 is 34.7 Å². The van der Waals surface area contributed by atoms with Gasteiger partial charge in [0.05, 0.1) is 18.8 Å². The number of ether oxygens (including phenoxy) is 1. The van der Waals surface area contributed by atoms with E-state index in [1.165, 1.54) is 0 Å². The molecule has 0 radical (unpaired) electrons. The Kier molecular flexibility index (Phi) is 10.3. The highest BCUT2D eigenvalue weighted by Crippen LogP contribution is 2.06. The zero-order valence-electron chi connectivity index (χ0n) is 14.0. The van der Waals surface area contributed by atoms with Crippen molar-refractivity contribution in [3.05, 3.63) is 0 Å². The van der Waals surface area contributed by atoms with Gasteiger partial charge in [0.2, 0.25) is 0 Å². The van der Waals surface area contributed by atoms with Crippen molar-refractivity contribution in [3.63, 3.8) is 0 Å². The van der Waals surface area contributed by atoms with Gasteiger partial charge in [-0.25, -0.2) is 10.9 Å². The molecule has 0 aliphatic carbocycles. The molecule has 8 nitrogen and oxygen atoms in total. The molecule has 3 unspecified atom stereocenters. The van der Waals surface area contributed by atoms with Gasteiger partial charge in [-0.3, -0.25) is 10.9 Å². The highest BCUT2D eigenvalue weighted by Gasteiger charge is 2.29. The first-order valence-corrected chi connectivity index (χ1v) is 8.81. The van der Waals surface area contributed by atoms with Gasteiger partial charge in [-0.05, 0) is 45.2 Å². The van der Waals surface area contributed by atoms with E-state index in [9.17, 15) is 0 Å². The smallest absolute Gasteiger partial charge is 0.180 e. The Morgan fingerprint density at radius 3 is 2.26 bits per heavy atom. The molecule has 0 aromatic heterocycles. The summed E-state index contributed by atoms with van der Waals surface area (Å²) >= 11 is 10.4. The summed E-state index contributed by atoms with van der Waals surface area (Å²) in [6, 6.07) is 0.0183. The largest absolute Gasteiger partial charge is 0.374 e. The van der Waals surface area contributed by atoms with E-state index in [4.69, 9.17) is 29.2 Å². The van der Waals surface area contributed by atoms with Crippen LogP contribution in [0, 0.1) is 0 Å². The molecular formula is C13H29N7OS2. The molecule has 1 saturated heterocycles. The predicted molar refractivity (Wildman–Crippen MR) is 101 cm³/mol. The summed E-state index contributed by atoms with van der Waals surface area (Å²) in [5, 5.41) is 10.5. The van der Waals surface area contributed by atoms with Crippen LogP contribution in [0.5, 0.6) is 0 Å². The second-order valence-electron chi connectivity index (χ2n) is 5.19. The Labute approximate surface area is 149 Å². The zero-order valence-corrected chi connectivity index (χ0v) is 15.6. The van der Waals surface area contributed by atoms with Crippen LogP contribution in [0.15, 0.2) is 0 Å². The summed E-state index contributed by atoms with van der Waals surface area (Å²) in [5.74, 6) is 0. The van der Waals surface area contributed by atoms with E-state index in [0.717, 1.165) is 26.2 Å². The molecule has 23 heavy (non-hydrogen) atoms. The fourth-order valence-corrected chi connectivity index (χ4v) is 2.59. The number of morpholine rings is 1. The molecule has 1 rings (SSSR count). The lowest BCUT2D eigenvalue weighted by Gasteiger charge is -2.36. The lowest BCUT2D eigenvalue weighted by Crippen LogP contribution is -2.65. The number of hydrogen-bond acceptors (Lipinski definition) is 6. The standard InChI is InChI=1S/C13H29N7OS2/c1-4-15-12(22)19-17-9(3)11(10-8-14-6-7-21-10)18-20-13(23)16-5-2/h9-11,14,17-18H,4-8H2,1-3H3,(H2,15,19,22)(H2,16,20,23). The summed E-state index contributed by atoms with van der Waals surface area (Å²) in [4.78, 5) is 0. The fourth-order valence-electron chi connectivity index (χ4n) is 2.18. The first kappa shape index (κ1) is 20.3. The second-order valence-corrected chi connectivity index (χ2v) is 6.00. The number of nitrogens with one attached hydrogen (secondary N) is 7. The third-order valence-corrected chi connectivity index (χ3v) is 3.83. The molecule has 0 spiro atoms. The number of rotatable bonds is 8. The van der Waals surface area contributed by atoms with E-state index < -0.39 is 0 Å². The zero-order chi connectivity index (χ0) is 17.1. The third-order valence-electron chi connectivity index (χ3n) is 3.34. The number of hydrogen-bond donors (Lipinski definition) is 7. The number of thiocarbonyl (C=S) groups is 2. The van der Waals surface area contributed by atoms with Gasteiger partial charge in [0, 0.05) is 32.2 Å². The third kappa shape index (κ3) is 8.04. The van der Waals surface area contributed by atoms with Crippen LogP contribution in [-0.4, -0.2) is 61.2 Å². The maximum absolute atomic E-state index is 5.86. The van der Waals surface area contributed by atoms with Crippen LogP contribution in [0.25, 0.3) is 0 Å². The Hall–Kier alpha value is -0.780. The molecule has 3 atom stereocenters. The van der Waals surface area contributed by atoms with Crippen LogP contribution in [-0.2, 0) is 4.74 Å². The van der Waals surface area contributed by atoms with E-state index in [-0.39, 0.29) is 18.2 Å². The minimum Gasteiger partial charge on any atom is -0.374 e. The molecule has 7 N–H and O–H groups in total. The highest BCUT2D eigenvalue weighted by molar-refractivity contribution is 7.80. The van der Waals surface area contributed by atoms with Crippen molar-refractivity contribution in [2.45, 2.75) is 39.0 Å². The SMILES string of the molecule is CCNC(=S)NNC(C)C(NNC(=S)NCC)C1CNCCO1. The first-order chi connectivity index (χ1) is 11.1. The molecule has 0 saturated carbocycles. The van der Waals surface area contributed by atoms with Crippen molar-refractivity contribution in [1.82, 2.24) is 37.7 Å². The van der Waals surface area contributed by atoms with Gasteiger partial charge < -0.3 is 20.7 Å². The molecule has 0 amide bonds. The van der Waals surface area contributed by atoms with Crippen molar-refractivity contribution in [2.75, 3.05) is 32.8 Å². The molecule has 1 aliphatic heterocycles. The molecule has 0 aromatic rings. The topological polar surface area (TPSA) is 93.4 Å². The van der Waals surface area contributed by atoms with Gasteiger partial charge in [-0.1, -0.05) is 0 Å². The van der Waals surface area contributed by atoms with Crippen molar-refractivity contribution in [3.8, 4) is 0 Å². The van der Waals surface area contributed by atoms with Gasteiger partial charge in [0.15, 0.2) is 10.2 Å². The van der Waals surface area contributed by atoms with Crippen LogP contribution in [0.3, 0.4) is 0 Å². The number of hydrazine groups is 2. The lowest BCUT2D eigenvalue weighted by molar-refractivity contribution is -0.00540. The van der Waals surface area contributed by atoms with Gasteiger partial charge in [-0.15, -0.1) is 0 Å². The van der Waals surface area contributed by atoms with Crippen LogP contribution in [0.4, 0.5) is 0 Å². The Morgan fingerprint density at radius 2 is 1.74 bits per heavy atom. The minimum atomic E-state index is -0.0173. The average Bonchev–Trinajstić information content (AvgIpc) is 2.54. The summed E-state index contributed by atoms with van der Waals surface area (Å²) in [7, 11) is 0. The van der Waals surface area contributed by atoms with Gasteiger partial charge >= 0.3 is 0 Å². The van der Waals surface area contributed by atoms with Gasteiger partial charge in [0.25, 0.3) is 0 Å². The second kappa shape index (κ2) is 11.7. The maximum Gasteiger partial charge on any atom is 0.180 e. The quantitative estimate of drug-likeness (QED) is 0.209. The molecule has 0 bridgehead atoms. The summed E-state index contributed by atoms with van der Waals surface area (Å²) in [6.07, 6.45) is 0.0117. The van der Waals surface area contributed by atoms with Crippen LogP contribution in [0.2, 0.25) is 0 Å². The van der Waals surface area contributed by atoms with Crippen LogP contribution >= 0.6 is 24.4 Å². The van der Waals surface area contributed by atoms with E-state index in [1.54, 1.807) is 0 Å². The molecule has 1 heterocycles. The van der Waals surface area contributed by atoms with Crippen molar-refractivity contribution in [1.29, 1.82) is 0 Å². The summed E-state index contributed by atoms with van der Waals surface area (Å²) in [5.41, 5.74) is 12.5. The normalized spacial score (nSPS) is 20.2. The maximum atomic E-state index is 5.86. The highest BCUT2D eigenvalue weighted by atomic mass is 32.1. The summed E-state index contributed by atoms with van der Waals surface area (Å²) < 4.78 is 5.86. The van der Waals surface area contributed by atoms with Crippen LogP contribution < -0.4 is 37.7 Å². The molecule has 0 aromatic carbocycles. The van der Waals surface area contributed by atoms with E-state index in [0.29, 0.717) is 16.8 Å². The van der Waals surface area contributed by atoms with Gasteiger partial charge in [0.1, 0.15) is 0 Å². The van der Waals surface area contributed by atoms with Gasteiger partial charge in [-0.2, -0.15) is 0 Å². The Balaban J connectivity index is 2.54. The predicted octanol–water partition coefficient (Wildman–Crippen LogP) is -1.29. The van der Waals surface area contributed by atoms with E-state index in [1.807, 2.05) is 13.8 Å². The Morgan fingerprint density at radius 1 is 1.13 bits per heavy atom. The molecular weight excluding hydrogens is 334 g/mol. The van der Waals surface area contributed by atoms with Crippen molar-refractivity contribution in [2.24, 2.45) is 0 Å². The van der Waals surface area contributed by atoms with Crippen LogP contribution in [0.1, 0.15) is 20.8 Å². The monoisotopic (exact) mass is 363 g/mol. The minimum absolute atomic E-state index is 0.0117. The van der Waals surface area contributed by atoms with E-state index in [2.05, 4.69) is 44.6 Å².